The highest BCUT2D eigenvalue weighted by molar-refractivity contribution is 6.31. The number of halogens is 2. The van der Waals surface area contributed by atoms with Gasteiger partial charge in [-0.3, -0.25) is 0 Å². The highest BCUT2D eigenvalue weighted by Gasteiger charge is 2.14. The Morgan fingerprint density at radius 1 is 1.35 bits per heavy atom. The minimum atomic E-state index is -0.417. The second-order valence-corrected chi connectivity index (χ2v) is 3.84. The SMILES string of the molecule is COCc1c(Cl)ccc(-c2cccnn2)c1F. The van der Waals surface area contributed by atoms with Crippen LogP contribution in [0.5, 0.6) is 0 Å². The summed E-state index contributed by atoms with van der Waals surface area (Å²) >= 11 is 5.91. The van der Waals surface area contributed by atoms with Crippen molar-refractivity contribution in [2.45, 2.75) is 6.61 Å². The molecule has 1 aromatic heterocycles. The Labute approximate surface area is 103 Å². The van der Waals surface area contributed by atoms with E-state index in [-0.39, 0.29) is 6.61 Å². The fourth-order valence-electron chi connectivity index (χ4n) is 1.52. The largest absolute Gasteiger partial charge is 0.380 e. The molecular formula is C12H10ClFN2O. The van der Waals surface area contributed by atoms with Gasteiger partial charge < -0.3 is 4.74 Å². The molecule has 0 spiro atoms. The maximum atomic E-state index is 14.2. The average molecular weight is 253 g/mol. The van der Waals surface area contributed by atoms with Gasteiger partial charge in [0.1, 0.15) is 5.82 Å². The molecule has 0 fully saturated rings. The summed E-state index contributed by atoms with van der Waals surface area (Å²) in [6, 6.07) is 6.60. The maximum absolute atomic E-state index is 14.2. The first kappa shape index (κ1) is 12.0. The summed E-state index contributed by atoms with van der Waals surface area (Å²) in [6.07, 6.45) is 1.54. The molecule has 0 unspecified atom stereocenters. The third kappa shape index (κ3) is 2.43. The predicted molar refractivity (Wildman–Crippen MR) is 63.1 cm³/mol. The van der Waals surface area contributed by atoms with Gasteiger partial charge in [0.2, 0.25) is 0 Å². The maximum Gasteiger partial charge on any atom is 0.139 e. The van der Waals surface area contributed by atoms with Gasteiger partial charge in [-0.2, -0.15) is 10.2 Å². The first-order valence-electron chi connectivity index (χ1n) is 4.98. The van der Waals surface area contributed by atoms with Crippen LogP contribution in [-0.4, -0.2) is 17.3 Å². The fraction of sp³-hybridized carbons (Fsp3) is 0.167. The Morgan fingerprint density at radius 2 is 2.18 bits per heavy atom. The van der Waals surface area contributed by atoms with Crippen molar-refractivity contribution in [2.75, 3.05) is 7.11 Å². The second kappa shape index (κ2) is 5.21. The standard InChI is InChI=1S/C12H10ClFN2O/c1-17-7-9-10(13)5-4-8(12(9)14)11-3-2-6-15-16-11/h2-6H,7H2,1H3. The molecule has 0 aliphatic carbocycles. The third-order valence-electron chi connectivity index (χ3n) is 2.32. The number of nitrogens with zero attached hydrogens (tertiary/aromatic N) is 2. The van der Waals surface area contributed by atoms with Crippen molar-refractivity contribution >= 4 is 11.6 Å². The van der Waals surface area contributed by atoms with Crippen LogP contribution in [0.4, 0.5) is 4.39 Å². The molecular weight excluding hydrogens is 243 g/mol. The van der Waals surface area contributed by atoms with Gasteiger partial charge >= 0.3 is 0 Å². The van der Waals surface area contributed by atoms with Gasteiger partial charge in [-0.15, -0.1) is 0 Å². The monoisotopic (exact) mass is 252 g/mol. The van der Waals surface area contributed by atoms with Gasteiger partial charge in [0.25, 0.3) is 0 Å². The lowest BCUT2D eigenvalue weighted by atomic mass is 10.1. The third-order valence-corrected chi connectivity index (χ3v) is 2.68. The van der Waals surface area contributed by atoms with Crippen molar-refractivity contribution in [2.24, 2.45) is 0 Å². The highest BCUT2D eigenvalue weighted by atomic mass is 35.5. The van der Waals surface area contributed by atoms with Gasteiger partial charge in [0.15, 0.2) is 0 Å². The number of hydrogen-bond donors (Lipinski definition) is 0. The van der Waals surface area contributed by atoms with Gasteiger partial charge in [-0.05, 0) is 24.3 Å². The molecule has 2 rings (SSSR count). The van der Waals surface area contributed by atoms with Crippen molar-refractivity contribution in [3.05, 3.63) is 46.9 Å². The van der Waals surface area contributed by atoms with Gasteiger partial charge in [0, 0.05) is 29.5 Å². The number of hydrogen-bond acceptors (Lipinski definition) is 3. The van der Waals surface area contributed by atoms with Crippen molar-refractivity contribution in [1.29, 1.82) is 0 Å². The van der Waals surface area contributed by atoms with E-state index in [0.717, 1.165) is 0 Å². The van der Waals surface area contributed by atoms with Gasteiger partial charge in [-0.25, -0.2) is 4.39 Å². The molecule has 0 aliphatic rings. The molecule has 1 heterocycles. The molecule has 0 N–H and O–H groups in total. The first-order chi connectivity index (χ1) is 8.24. The Balaban J connectivity index is 2.53. The molecule has 0 saturated carbocycles. The topological polar surface area (TPSA) is 35.0 Å². The highest BCUT2D eigenvalue weighted by Crippen LogP contribution is 2.28. The van der Waals surface area contributed by atoms with Crippen molar-refractivity contribution in [1.82, 2.24) is 10.2 Å². The molecule has 0 atom stereocenters. The van der Waals surface area contributed by atoms with E-state index in [1.165, 1.54) is 13.3 Å². The molecule has 0 radical (unpaired) electrons. The van der Waals surface area contributed by atoms with E-state index in [1.54, 1.807) is 24.3 Å². The summed E-state index contributed by atoms with van der Waals surface area (Å²) in [5.74, 6) is -0.417. The lowest BCUT2D eigenvalue weighted by Gasteiger charge is -2.08. The Kier molecular flexibility index (Phi) is 3.66. The van der Waals surface area contributed by atoms with Crippen LogP contribution < -0.4 is 0 Å². The van der Waals surface area contributed by atoms with Gasteiger partial charge in [0.05, 0.1) is 12.3 Å². The van der Waals surface area contributed by atoms with Crippen molar-refractivity contribution < 1.29 is 9.13 Å². The number of rotatable bonds is 3. The summed E-state index contributed by atoms with van der Waals surface area (Å²) in [6.45, 7) is 0.124. The van der Waals surface area contributed by atoms with Crippen LogP contribution in [0, 0.1) is 5.82 Å². The summed E-state index contributed by atoms with van der Waals surface area (Å²) in [5, 5.41) is 7.93. The van der Waals surface area contributed by atoms with E-state index in [1.807, 2.05) is 0 Å². The summed E-state index contributed by atoms with van der Waals surface area (Å²) in [5.41, 5.74) is 1.17. The average Bonchev–Trinajstić information content (AvgIpc) is 2.36. The molecule has 0 bridgehead atoms. The van der Waals surface area contributed by atoms with Crippen LogP contribution in [-0.2, 0) is 11.3 Å². The molecule has 1 aromatic carbocycles. The zero-order valence-corrected chi connectivity index (χ0v) is 9.91. The van der Waals surface area contributed by atoms with E-state index in [4.69, 9.17) is 16.3 Å². The van der Waals surface area contributed by atoms with Gasteiger partial charge in [-0.1, -0.05) is 11.6 Å². The summed E-state index contributed by atoms with van der Waals surface area (Å²) < 4.78 is 19.1. The first-order valence-corrected chi connectivity index (χ1v) is 5.35. The van der Waals surface area contributed by atoms with Crippen LogP contribution in [0.1, 0.15) is 5.56 Å². The molecule has 88 valence electrons. The predicted octanol–water partition coefficient (Wildman–Crippen LogP) is 3.08. The van der Waals surface area contributed by atoms with E-state index >= 15 is 0 Å². The van der Waals surface area contributed by atoms with Crippen LogP contribution in [0.25, 0.3) is 11.3 Å². The van der Waals surface area contributed by atoms with Crippen molar-refractivity contribution in [3.8, 4) is 11.3 Å². The summed E-state index contributed by atoms with van der Waals surface area (Å²) in [4.78, 5) is 0. The molecule has 0 saturated heterocycles. The molecule has 2 aromatic rings. The van der Waals surface area contributed by atoms with E-state index in [2.05, 4.69) is 10.2 Å². The van der Waals surface area contributed by atoms with Crippen molar-refractivity contribution in [3.63, 3.8) is 0 Å². The molecule has 17 heavy (non-hydrogen) atoms. The van der Waals surface area contributed by atoms with E-state index in [0.29, 0.717) is 21.8 Å². The molecule has 5 heteroatoms. The minimum absolute atomic E-state index is 0.124. The van der Waals surface area contributed by atoms with Crippen LogP contribution in [0.15, 0.2) is 30.5 Å². The van der Waals surface area contributed by atoms with Crippen LogP contribution in [0.3, 0.4) is 0 Å². The number of aromatic nitrogens is 2. The molecule has 3 nitrogen and oxygen atoms in total. The molecule has 0 amide bonds. The number of benzene rings is 1. The Hall–Kier alpha value is -1.52. The fourth-order valence-corrected chi connectivity index (χ4v) is 1.72. The lowest BCUT2D eigenvalue weighted by molar-refractivity contribution is 0.181. The van der Waals surface area contributed by atoms with E-state index < -0.39 is 5.82 Å². The Morgan fingerprint density at radius 3 is 2.82 bits per heavy atom. The quantitative estimate of drug-likeness (QED) is 0.842. The smallest absolute Gasteiger partial charge is 0.139 e. The number of methoxy groups -OCH3 is 1. The van der Waals surface area contributed by atoms with E-state index in [9.17, 15) is 4.39 Å². The minimum Gasteiger partial charge on any atom is -0.380 e. The normalized spacial score (nSPS) is 10.5. The zero-order valence-electron chi connectivity index (χ0n) is 9.15. The van der Waals surface area contributed by atoms with Crippen LogP contribution >= 0.6 is 11.6 Å². The number of ether oxygens (including phenoxy) is 1. The second-order valence-electron chi connectivity index (χ2n) is 3.43. The lowest BCUT2D eigenvalue weighted by Crippen LogP contribution is -1.98. The zero-order chi connectivity index (χ0) is 12.3. The van der Waals surface area contributed by atoms with Crippen LogP contribution in [0.2, 0.25) is 5.02 Å². The summed E-state index contributed by atoms with van der Waals surface area (Å²) in [7, 11) is 1.49. The molecule has 0 aliphatic heterocycles. The Bertz CT molecular complexity index is 519.